The van der Waals surface area contributed by atoms with E-state index in [1.807, 2.05) is 0 Å². The fourth-order valence-corrected chi connectivity index (χ4v) is 5.40. The number of nitrogens with zero attached hydrogens (tertiary/aromatic N) is 1. The third-order valence-corrected chi connectivity index (χ3v) is 6.98. The van der Waals surface area contributed by atoms with Crippen LogP contribution in [0.1, 0.15) is 30.0 Å². The van der Waals surface area contributed by atoms with Gasteiger partial charge in [0.1, 0.15) is 23.1 Å². The van der Waals surface area contributed by atoms with E-state index in [0.717, 1.165) is 11.8 Å². The number of rotatable bonds is 6. The van der Waals surface area contributed by atoms with E-state index >= 15 is 0 Å². The van der Waals surface area contributed by atoms with Gasteiger partial charge in [-0.2, -0.15) is 0 Å². The van der Waals surface area contributed by atoms with Crippen LogP contribution < -0.4 is 10.6 Å². The van der Waals surface area contributed by atoms with Crippen molar-refractivity contribution in [3.05, 3.63) is 39.6 Å². The van der Waals surface area contributed by atoms with Gasteiger partial charge in [0.25, 0.3) is 5.91 Å². The lowest BCUT2D eigenvalue weighted by atomic mass is 10.0. The molecule has 0 bridgehead atoms. The molecule has 9 nitrogen and oxygen atoms in total. The van der Waals surface area contributed by atoms with Crippen LogP contribution in [0, 0.1) is 6.92 Å². The highest BCUT2D eigenvalue weighted by molar-refractivity contribution is 8.01. The molecule has 0 spiro atoms. The molecule has 1 aromatic carbocycles. The smallest absolute Gasteiger partial charge is 0.328 e. The summed E-state index contributed by atoms with van der Waals surface area (Å²) in [5.74, 6) is -3.06. The molecule has 1 fully saturated rings. The Hall–Kier alpha value is -2.27. The van der Waals surface area contributed by atoms with E-state index in [-0.39, 0.29) is 32.6 Å². The molecule has 2 heterocycles. The topological polar surface area (TPSA) is 142 Å². The number of nitrogens with one attached hydrogen (secondary N) is 2. The molecule has 1 saturated heterocycles. The number of carboxylic acid groups (broad SMARTS) is 2. The van der Waals surface area contributed by atoms with Gasteiger partial charge in [-0.1, -0.05) is 34.4 Å². The molecule has 3 rings (SSSR count). The first-order valence-electron chi connectivity index (χ1n) is 9.05. The highest BCUT2D eigenvalue weighted by Crippen LogP contribution is 2.40. The van der Waals surface area contributed by atoms with Gasteiger partial charge < -0.3 is 20.1 Å². The quantitative estimate of drug-likeness (QED) is 0.483. The summed E-state index contributed by atoms with van der Waals surface area (Å²) in [7, 11) is 0. The zero-order valence-corrected chi connectivity index (χ0v) is 18.9. The molecule has 0 saturated carbocycles. The molecule has 12 heteroatoms. The first-order chi connectivity index (χ1) is 14.4. The number of carboxylic acids is 2. The maximum atomic E-state index is 13.1. The van der Waals surface area contributed by atoms with Crippen LogP contribution in [-0.4, -0.2) is 55.4 Å². The van der Waals surface area contributed by atoms with Crippen molar-refractivity contribution in [3.8, 4) is 11.3 Å². The zero-order chi connectivity index (χ0) is 23.1. The molecular weight excluding hydrogens is 469 g/mol. The first-order valence-corrected chi connectivity index (χ1v) is 10.7. The minimum Gasteiger partial charge on any atom is -0.480 e. The molecule has 0 radical (unpaired) electrons. The zero-order valence-electron chi connectivity index (χ0n) is 16.6. The average molecular weight is 488 g/mol. The molecule has 1 amide bonds. The van der Waals surface area contributed by atoms with Crippen LogP contribution in [0.25, 0.3) is 11.3 Å². The van der Waals surface area contributed by atoms with Crippen molar-refractivity contribution in [1.29, 1.82) is 0 Å². The number of hydrogen-bond acceptors (Lipinski definition) is 7. The van der Waals surface area contributed by atoms with Crippen LogP contribution in [0.3, 0.4) is 0 Å². The highest BCUT2D eigenvalue weighted by Gasteiger charge is 2.49. The SMILES string of the molecule is Cc1onc(-c2c(Cl)cccc2Cl)c1C(=O)NC(C(=O)O)C1NC(C(=O)O)C(C)(C)S1. The summed E-state index contributed by atoms with van der Waals surface area (Å²) in [6.07, 6.45) is 0. The van der Waals surface area contributed by atoms with Gasteiger partial charge in [0.15, 0.2) is 6.04 Å². The minimum absolute atomic E-state index is 0.0155. The van der Waals surface area contributed by atoms with E-state index < -0.39 is 40.1 Å². The Morgan fingerprint density at radius 3 is 2.39 bits per heavy atom. The number of amides is 1. The number of carbonyl (C=O) groups excluding carboxylic acids is 1. The van der Waals surface area contributed by atoms with Crippen molar-refractivity contribution in [2.24, 2.45) is 0 Å². The summed E-state index contributed by atoms with van der Waals surface area (Å²) in [5, 5.41) is 27.8. The summed E-state index contributed by atoms with van der Waals surface area (Å²) in [6, 6.07) is 2.36. The van der Waals surface area contributed by atoms with Crippen LogP contribution in [0.4, 0.5) is 0 Å². The Morgan fingerprint density at radius 1 is 1.26 bits per heavy atom. The Balaban J connectivity index is 1.93. The average Bonchev–Trinajstić information content (AvgIpc) is 3.18. The molecule has 166 valence electrons. The molecule has 4 N–H and O–H groups in total. The van der Waals surface area contributed by atoms with Crippen LogP contribution >= 0.6 is 35.0 Å². The summed E-state index contributed by atoms with van der Waals surface area (Å²) in [6.45, 7) is 4.87. The first kappa shape index (κ1) is 23.4. The second-order valence-corrected chi connectivity index (χ2v) is 10.0. The maximum Gasteiger partial charge on any atom is 0.328 e. The molecule has 3 unspecified atom stereocenters. The van der Waals surface area contributed by atoms with Gasteiger partial charge in [-0.3, -0.25) is 14.9 Å². The Bertz CT molecular complexity index is 1040. The standard InChI is InChI=1S/C19H19Cl2N3O6S/c1-7-10(12(24-30-7)11-8(20)5-4-6-9(11)21)15(25)22-13(17(26)27)16-23-14(18(28)29)19(2,3)31-16/h4-6,13-14,16,23H,1-3H3,(H,22,25)(H,26,27)(H,28,29). The summed E-state index contributed by atoms with van der Waals surface area (Å²) in [5.41, 5.74) is 0.337. The number of benzene rings is 1. The van der Waals surface area contributed by atoms with Gasteiger partial charge in [-0.15, -0.1) is 11.8 Å². The number of hydrogen-bond donors (Lipinski definition) is 4. The molecule has 2 aromatic rings. The lowest BCUT2D eigenvalue weighted by Crippen LogP contribution is -2.53. The largest absolute Gasteiger partial charge is 0.480 e. The molecular formula is C19H19Cl2N3O6S. The fraction of sp³-hybridized carbons (Fsp3) is 0.368. The second-order valence-electron chi connectivity index (χ2n) is 7.43. The van der Waals surface area contributed by atoms with Crippen LogP contribution in [0.15, 0.2) is 22.7 Å². The third-order valence-electron chi connectivity index (χ3n) is 4.85. The number of aryl methyl sites for hydroxylation is 1. The van der Waals surface area contributed by atoms with Gasteiger partial charge in [-0.25, -0.2) is 4.79 Å². The molecule has 1 aromatic heterocycles. The van der Waals surface area contributed by atoms with Crippen LogP contribution in [-0.2, 0) is 9.59 Å². The number of thioether (sulfide) groups is 1. The molecule has 31 heavy (non-hydrogen) atoms. The van der Waals surface area contributed by atoms with Crippen molar-refractivity contribution in [2.45, 2.75) is 43.0 Å². The highest BCUT2D eigenvalue weighted by atomic mass is 35.5. The second kappa shape index (κ2) is 8.70. The lowest BCUT2D eigenvalue weighted by molar-refractivity contribution is -0.142. The van der Waals surface area contributed by atoms with Crippen molar-refractivity contribution in [3.63, 3.8) is 0 Å². The predicted molar refractivity (Wildman–Crippen MR) is 116 cm³/mol. The summed E-state index contributed by atoms with van der Waals surface area (Å²) < 4.78 is 4.36. The van der Waals surface area contributed by atoms with Gasteiger partial charge in [0, 0.05) is 10.3 Å². The Morgan fingerprint density at radius 2 is 1.87 bits per heavy atom. The minimum atomic E-state index is -1.43. The molecule has 0 aliphatic carbocycles. The normalized spacial score (nSPS) is 20.9. The van der Waals surface area contributed by atoms with Gasteiger partial charge >= 0.3 is 11.9 Å². The Kier molecular flexibility index (Phi) is 6.56. The van der Waals surface area contributed by atoms with Crippen molar-refractivity contribution in [1.82, 2.24) is 15.8 Å². The number of aromatic nitrogens is 1. The monoisotopic (exact) mass is 487 g/mol. The predicted octanol–water partition coefficient (Wildman–Crippen LogP) is 3.03. The Labute approximate surface area is 191 Å². The van der Waals surface area contributed by atoms with E-state index in [1.165, 1.54) is 6.92 Å². The molecule has 1 aliphatic rings. The van der Waals surface area contributed by atoms with E-state index in [4.69, 9.17) is 27.7 Å². The third kappa shape index (κ3) is 4.52. The fourth-order valence-electron chi connectivity index (χ4n) is 3.34. The van der Waals surface area contributed by atoms with Gasteiger partial charge in [0.2, 0.25) is 0 Å². The van der Waals surface area contributed by atoms with Crippen LogP contribution in [0.5, 0.6) is 0 Å². The van der Waals surface area contributed by atoms with Crippen molar-refractivity contribution >= 4 is 52.8 Å². The summed E-state index contributed by atoms with van der Waals surface area (Å²) in [4.78, 5) is 36.5. The van der Waals surface area contributed by atoms with Crippen LogP contribution in [0.2, 0.25) is 10.0 Å². The van der Waals surface area contributed by atoms with Crippen molar-refractivity contribution < 1.29 is 29.1 Å². The lowest BCUT2D eigenvalue weighted by Gasteiger charge is -2.22. The molecule has 3 atom stereocenters. The number of aliphatic carboxylic acids is 2. The van der Waals surface area contributed by atoms with E-state index in [0.29, 0.717) is 0 Å². The van der Waals surface area contributed by atoms with Crippen molar-refractivity contribution in [2.75, 3.05) is 0 Å². The maximum absolute atomic E-state index is 13.1. The van der Waals surface area contributed by atoms with E-state index in [2.05, 4.69) is 15.8 Å². The summed E-state index contributed by atoms with van der Waals surface area (Å²) >= 11 is 13.6. The van der Waals surface area contributed by atoms with Gasteiger partial charge in [0.05, 0.1) is 15.4 Å². The van der Waals surface area contributed by atoms with Gasteiger partial charge in [-0.05, 0) is 32.9 Å². The number of halogens is 2. The number of carbonyl (C=O) groups is 3. The van der Waals surface area contributed by atoms with E-state index in [9.17, 15) is 24.6 Å². The van der Waals surface area contributed by atoms with E-state index in [1.54, 1.807) is 32.0 Å². The molecule has 1 aliphatic heterocycles.